The minimum atomic E-state index is -0.916. The standard InChI is InChI=1S/C61H60N8O5S/c1-7-21-55-63-53(41-75-49-29-20-28-47(38-49)73-48-36-37-52(62)54(39-48)67(6)59(71)74-60(3,4)5)56(58(70)72-8-2)68(55)40-42-32-34-43(35-33-42)50-30-18-19-31-51(50)57-64-65-66-69(57)61(44-22-12-9-13-23-44,45-24-14-10-15-25-45)46-26-16-11-17-27-46/h9-20,22-39H,7-8,21,40-41,62H2,1-6H3. The second kappa shape index (κ2) is 22.7. The minimum absolute atomic E-state index is 0.222. The Labute approximate surface area is 442 Å². The van der Waals surface area contributed by atoms with E-state index in [-0.39, 0.29) is 6.61 Å². The molecule has 75 heavy (non-hydrogen) atoms. The first-order chi connectivity index (χ1) is 36.4. The maximum absolute atomic E-state index is 14.0. The van der Waals surface area contributed by atoms with Gasteiger partial charge < -0.3 is 24.5 Å². The number of aromatic nitrogens is 6. The summed E-state index contributed by atoms with van der Waals surface area (Å²) in [6, 6.07) is 60.6. The highest BCUT2D eigenvalue weighted by atomic mass is 32.2. The van der Waals surface area contributed by atoms with Crippen LogP contribution in [0.3, 0.4) is 0 Å². The zero-order chi connectivity index (χ0) is 52.5. The van der Waals surface area contributed by atoms with Gasteiger partial charge in [0, 0.05) is 42.3 Å². The third-order valence-electron chi connectivity index (χ3n) is 12.6. The van der Waals surface area contributed by atoms with E-state index in [9.17, 15) is 9.59 Å². The van der Waals surface area contributed by atoms with E-state index in [1.165, 1.54) is 4.90 Å². The Kier molecular flexibility index (Phi) is 15.6. The van der Waals surface area contributed by atoms with Gasteiger partial charge >= 0.3 is 12.1 Å². The first kappa shape index (κ1) is 51.4. The number of nitrogens with two attached hydrogens (primary N) is 1. The largest absolute Gasteiger partial charge is 0.461 e. The highest BCUT2D eigenvalue weighted by Gasteiger charge is 2.42. The van der Waals surface area contributed by atoms with Gasteiger partial charge in [-0.1, -0.05) is 153 Å². The summed E-state index contributed by atoms with van der Waals surface area (Å²) in [5, 5.41) is 13.9. The zero-order valence-corrected chi connectivity index (χ0v) is 43.8. The average Bonchev–Trinajstić information content (AvgIpc) is 4.05. The number of imidazole rings is 1. The predicted molar refractivity (Wildman–Crippen MR) is 296 cm³/mol. The number of hydrogen-bond acceptors (Lipinski definition) is 11. The van der Waals surface area contributed by atoms with E-state index in [4.69, 9.17) is 35.2 Å². The van der Waals surface area contributed by atoms with Gasteiger partial charge in [0.25, 0.3) is 0 Å². The Balaban J connectivity index is 0.994. The second-order valence-electron chi connectivity index (χ2n) is 19.0. The lowest BCUT2D eigenvalue weighted by Gasteiger charge is -2.36. The molecular weight excluding hydrogens is 957 g/mol. The van der Waals surface area contributed by atoms with Crippen LogP contribution >= 0.6 is 11.8 Å². The van der Waals surface area contributed by atoms with E-state index in [1.807, 2.05) is 128 Å². The van der Waals surface area contributed by atoms with E-state index in [1.54, 1.807) is 37.0 Å². The van der Waals surface area contributed by atoms with Gasteiger partial charge in [0.2, 0.25) is 0 Å². The van der Waals surface area contributed by atoms with Gasteiger partial charge in [-0.05, 0) is 108 Å². The van der Waals surface area contributed by atoms with E-state index >= 15 is 0 Å². The molecule has 13 nitrogen and oxygen atoms in total. The van der Waals surface area contributed by atoms with Gasteiger partial charge in [-0.15, -0.1) is 16.9 Å². The van der Waals surface area contributed by atoms with Crippen molar-refractivity contribution in [3.63, 3.8) is 0 Å². The molecule has 0 spiro atoms. The highest BCUT2D eigenvalue weighted by molar-refractivity contribution is 7.98. The van der Waals surface area contributed by atoms with Crippen LogP contribution in [0.2, 0.25) is 0 Å². The van der Waals surface area contributed by atoms with Gasteiger partial charge in [-0.25, -0.2) is 19.3 Å². The van der Waals surface area contributed by atoms with Crippen molar-refractivity contribution >= 4 is 35.2 Å². The van der Waals surface area contributed by atoms with Crippen LogP contribution in [0.25, 0.3) is 22.5 Å². The molecule has 2 N–H and O–H groups in total. The number of anilines is 2. The number of ether oxygens (including phenoxy) is 3. The number of esters is 1. The van der Waals surface area contributed by atoms with Crippen molar-refractivity contribution in [1.29, 1.82) is 0 Å². The fraction of sp³-hybridized carbons (Fsp3) is 0.213. The van der Waals surface area contributed by atoms with Crippen molar-refractivity contribution in [2.75, 3.05) is 24.3 Å². The van der Waals surface area contributed by atoms with Crippen LogP contribution in [0, 0.1) is 0 Å². The lowest BCUT2D eigenvalue weighted by molar-refractivity contribution is 0.0511. The summed E-state index contributed by atoms with van der Waals surface area (Å²) in [7, 11) is 1.61. The maximum atomic E-state index is 14.0. The number of carbonyl (C=O) groups is 2. The monoisotopic (exact) mass is 1020 g/mol. The summed E-state index contributed by atoms with van der Waals surface area (Å²) >= 11 is 1.54. The van der Waals surface area contributed by atoms with Crippen LogP contribution < -0.4 is 15.4 Å². The van der Waals surface area contributed by atoms with Gasteiger partial charge in [-0.2, -0.15) is 0 Å². The van der Waals surface area contributed by atoms with Gasteiger partial charge in [0.1, 0.15) is 28.5 Å². The molecule has 0 saturated heterocycles. The number of amides is 1. The molecule has 7 aromatic carbocycles. The average molecular weight is 1020 g/mol. The maximum Gasteiger partial charge on any atom is 0.414 e. The third-order valence-corrected chi connectivity index (χ3v) is 13.6. The summed E-state index contributed by atoms with van der Waals surface area (Å²) in [5.74, 6) is 2.49. The molecule has 14 heteroatoms. The topological polar surface area (TPSA) is 153 Å². The molecule has 0 bridgehead atoms. The molecule has 2 aromatic heterocycles. The van der Waals surface area contributed by atoms with E-state index < -0.39 is 23.2 Å². The molecule has 0 saturated carbocycles. The molecule has 0 aliphatic heterocycles. The van der Waals surface area contributed by atoms with Crippen molar-refractivity contribution in [3.8, 4) is 34.0 Å². The third kappa shape index (κ3) is 11.2. The normalized spacial score (nSPS) is 11.5. The number of carbonyl (C=O) groups excluding carboxylic acids is 2. The van der Waals surface area contributed by atoms with Crippen LogP contribution in [-0.4, -0.2) is 61.1 Å². The fourth-order valence-corrected chi connectivity index (χ4v) is 10.2. The Hall–Kier alpha value is -8.49. The molecule has 0 atom stereocenters. The molecule has 1 amide bonds. The number of nitrogens with zero attached hydrogens (tertiary/aromatic N) is 7. The second-order valence-corrected chi connectivity index (χ2v) is 20.0. The first-order valence-electron chi connectivity index (χ1n) is 25.0. The quantitative estimate of drug-likeness (QED) is 0.0378. The van der Waals surface area contributed by atoms with E-state index in [2.05, 4.69) is 84.9 Å². The van der Waals surface area contributed by atoms with Crippen molar-refractivity contribution < 1.29 is 23.8 Å². The highest BCUT2D eigenvalue weighted by Crippen LogP contribution is 2.44. The minimum Gasteiger partial charge on any atom is -0.461 e. The van der Waals surface area contributed by atoms with Crippen LogP contribution in [0.1, 0.15) is 85.3 Å². The van der Waals surface area contributed by atoms with Crippen LogP contribution in [0.15, 0.2) is 187 Å². The molecule has 0 radical (unpaired) electrons. The van der Waals surface area contributed by atoms with E-state index in [0.29, 0.717) is 58.8 Å². The number of benzene rings is 7. The smallest absolute Gasteiger partial charge is 0.414 e. The SMILES string of the molecule is CCCc1nc(CSc2cccc(Oc3ccc(N)c(N(C)C(=O)OC(C)(C)C)c3)c2)c(C(=O)OCC)n1Cc1ccc(-c2ccccc2-c2nnnn2C(c2ccccc2)(c2ccccc2)c2ccccc2)cc1. The number of tetrazole rings is 1. The van der Waals surface area contributed by atoms with Crippen LogP contribution in [0.5, 0.6) is 11.5 Å². The zero-order valence-electron chi connectivity index (χ0n) is 43.0. The molecule has 9 rings (SSSR count). The van der Waals surface area contributed by atoms with Crippen molar-refractivity contribution in [2.45, 2.75) is 75.8 Å². The summed E-state index contributed by atoms with van der Waals surface area (Å²) in [4.78, 5) is 34.2. The number of hydrogen-bond donors (Lipinski definition) is 1. The molecule has 0 fully saturated rings. The molecule has 0 aliphatic rings. The number of aryl methyl sites for hydroxylation is 1. The van der Waals surface area contributed by atoms with Gasteiger partial charge in [0.05, 0.1) is 23.7 Å². The Morgan fingerprint density at radius 3 is 1.93 bits per heavy atom. The van der Waals surface area contributed by atoms with E-state index in [0.717, 1.165) is 56.1 Å². The van der Waals surface area contributed by atoms with Crippen LogP contribution in [-0.2, 0) is 33.7 Å². The summed E-state index contributed by atoms with van der Waals surface area (Å²) in [6.45, 7) is 9.98. The number of nitrogen functional groups attached to an aromatic ring is 1. The number of rotatable bonds is 18. The summed E-state index contributed by atoms with van der Waals surface area (Å²) in [6.07, 6.45) is 0.975. The van der Waals surface area contributed by atoms with Crippen molar-refractivity contribution in [3.05, 3.63) is 221 Å². The van der Waals surface area contributed by atoms with Gasteiger partial charge in [-0.3, -0.25) is 4.90 Å². The molecule has 9 aromatic rings. The summed E-state index contributed by atoms with van der Waals surface area (Å²) < 4.78 is 21.5. The fourth-order valence-electron chi connectivity index (χ4n) is 9.28. The van der Waals surface area contributed by atoms with Crippen molar-refractivity contribution in [2.24, 2.45) is 0 Å². The first-order valence-corrected chi connectivity index (χ1v) is 26.0. The summed E-state index contributed by atoms with van der Waals surface area (Å²) in [5.41, 5.74) is 13.5. The molecular formula is C61H60N8O5S. The Morgan fingerprint density at radius 1 is 0.707 bits per heavy atom. The van der Waals surface area contributed by atoms with Crippen molar-refractivity contribution in [1.82, 2.24) is 29.8 Å². The lowest BCUT2D eigenvalue weighted by atomic mass is 9.77. The molecule has 0 aliphatic carbocycles. The predicted octanol–water partition coefficient (Wildman–Crippen LogP) is 13.3. The molecule has 380 valence electrons. The molecule has 0 unspecified atom stereocenters. The Morgan fingerprint density at radius 2 is 1.32 bits per heavy atom. The molecule has 2 heterocycles. The van der Waals surface area contributed by atoms with Crippen LogP contribution in [0.4, 0.5) is 16.2 Å². The Bertz CT molecular complexity index is 3300. The lowest BCUT2D eigenvalue weighted by Crippen LogP contribution is -2.39. The number of thioether (sulfide) groups is 1. The van der Waals surface area contributed by atoms with Gasteiger partial charge in [0.15, 0.2) is 11.5 Å².